The van der Waals surface area contributed by atoms with E-state index in [0.29, 0.717) is 24.5 Å². The largest absolute Gasteiger partial charge is 0.444 e. The molecule has 5 nitrogen and oxygen atoms in total. The lowest BCUT2D eigenvalue weighted by atomic mass is 10.1. The lowest BCUT2D eigenvalue weighted by Crippen LogP contribution is -2.41. The standard InChI is InChI=1S/C17H35N3O2/c1-13(12-20(6)16(21)22-17(3,4)5)11-19-14(2)10-15-8-7-9-18-15/h13-15,18-19H,7-12H2,1-6H3. The van der Waals surface area contributed by atoms with Crippen molar-refractivity contribution in [3.05, 3.63) is 0 Å². The fourth-order valence-corrected chi connectivity index (χ4v) is 2.82. The molecule has 2 N–H and O–H groups in total. The molecule has 1 rings (SSSR count). The molecule has 3 unspecified atom stereocenters. The average molecular weight is 313 g/mol. The summed E-state index contributed by atoms with van der Waals surface area (Å²) in [5.74, 6) is 0.400. The summed E-state index contributed by atoms with van der Waals surface area (Å²) in [4.78, 5) is 13.6. The predicted molar refractivity (Wildman–Crippen MR) is 91.1 cm³/mol. The molecule has 0 spiro atoms. The van der Waals surface area contributed by atoms with Gasteiger partial charge in [-0.2, -0.15) is 0 Å². The van der Waals surface area contributed by atoms with Crippen LogP contribution in [0.4, 0.5) is 4.79 Å². The van der Waals surface area contributed by atoms with E-state index in [-0.39, 0.29) is 6.09 Å². The second-order valence-corrected chi connectivity index (χ2v) is 7.80. The molecule has 0 aliphatic carbocycles. The number of carbonyl (C=O) groups is 1. The number of rotatable bonds is 7. The zero-order valence-electron chi connectivity index (χ0n) is 15.2. The molecule has 1 saturated heterocycles. The average Bonchev–Trinajstić information content (AvgIpc) is 2.87. The number of nitrogens with one attached hydrogen (secondary N) is 2. The minimum atomic E-state index is -0.435. The number of amides is 1. The van der Waals surface area contributed by atoms with Gasteiger partial charge in [-0.25, -0.2) is 4.79 Å². The highest BCUT2D eigenvalue weighted by Crippen LogP contribution is 2.12. The van der Waals surface area contributed by atoms with Gasteiger partial charge in [-0.05, 0) is 66.0 Å². The Balaban J connectivity index is 2.21. The van der Waals surface area contributed by atoms with E-state index in [9.17, 15) is 4.79 Å². The van der Waals surface area contributed by atoms with E-state index in [1.165, 1.54) is 19.3 Å². The molecule has 1 amide bonds. The summed E-state index contributed by atoms with van der Waals surface area (Å²) in [7, 11) is 1.80. The summed E-state index contributed by atoms with van der Waals surface area (Å²) < 4.78 is 5.37. The van der Waals surface area contributed by atoms with Crippen LogP contribution in [0.15, 0.2) is 0 Å². The van der Waals surface area contributed by atoms with Gasteiger partial charge < -0.3 is 20.3 Å². The first-order chi connectivity index (χ1) is 10.2. The molecule has 3 atom stereocenters. The van der Waals surface area contributed by atoms with Gasteiger partial charge in [0, 0.05) is 25.7 Å². The third-order valence-electron chi connectivity index (χ3n) is 3.91. The Morgan fingerprint density at radius 1 is 1.41 bits per heavy atom. The van der Waals surface area contributed by atoms with Gasteiger partial charge in [0.1, 0.15) is 5.60 Å². The van der Waals surface area contributed by atoms with Gasteiger partial charge in [0.25, 0.3) is 0 Å². The molecule has 5 heteroatoms. The van der Waals surface area contributed by atoms with Crippen molar-refractivity contribution < 1.29 is 9.53 Å². The number of hydrogen-bond acceptors (Lipinski definition) is 4. The van der Waals surface area contributed by atoms with Crippen LogP contribution in [0.2, 0.25) is 0 Å². The van der Waals surface area contributed by atoms with Gasteiger partial charge in [0.15, 0.2) is 0 Å². The Labute approximate surface area is 136 Å². The second kappa shape index (κ2) is 8.73. The first-order valence-electron chi connectivity index (χ1n) is 8.58. The van der Waals surface area contributed by atoms with E-state index in [4.69, 9.17) is 4.74 Å². The minimum absolute atomic E-state index is 0.248. The molecule has 1 fully saturated rings. The van der Waals surface area contributed by atoms with Crippen LogP contribution in [-0.2, 0) is 4.74 Å². The zero-order valence-corrected chi connectivity index (χ0v) is 15.2. The van der Waals surface area contributed by atoms with Gasteiger partial charge in [-0.15, -0.1) is 0 Å². The Morgan fingerprint density at radius 3 is 2.64 bits per heavy atom. The van der Waals surface area contributed by atoms with Crippen molar-refractivity contribution in [1.82, 2.24) is 15.5 Å². The third-order valence-corrected chi connectivity index (χ3v) is 3.91. The van der Waals surface area contributed by atoms with Crippen LogP contribution in [0.1, 0.15) is 53.9 Å². The van der Waals surface area contributed by atoms with E-state index >= 15 is 0 Å². The van der Waals surface area contributed by atoms with Crippen LogP contribution in [0, 0.1) is 5.92 Å². The maximum Gasteiger partial charge on any atom is 0.410 e. The van der Waals surface area contributed by atoms with Gasteiger partial charge in [0.2, 0.25) is 0 Å². The number of hydrogen-bond donors (Lipinski definition) is 2. The minimum Gasteiger partial charge on any atom is -0.444 e. The Hall–Kier alpha value is -0.810. The Bertz CT molecular complexity index is 335. The topological polar surface area (TPSA) is 53.6 Å². The van der Waals surface area contributed by atoms with Gasteiger partial charge >= 0.3 is 6.09 Å². The van der Waals surface area contributed by atoms with E-state index in [0.717, 1.165) is 13.1 Å². The van der Waals surface area contributed by atoms with Gasteiger partial charge in [-0.3, -0.25) is 0 Å². The number of ether oxygens (including phenoxy) is 1. The SMILES string of the molecule is CC(CNC(C)CC1CCCN1)CN(C)C(=O)OC(C)(C)C. The van der Waals surface area contributed by atoms with Crippen molar-refractivity contribution in [2.24, 2.45) is 5.92 Å². The molecule has 0 aromatic heterocycles. The van der Waals surface area contributed by atoms with Crippen molar-refractivity contribution >= 4 is 6.09 Å². The Kier molecular flexibility index (Phi) is 7.63. The summed E-state index contributed by atoms with van der Waals surface area (Å²) in [5.41, 5.74) is -0.435. The van der Waals surface area contributed by atoms with Crippen LogP contribution in [0.3, 0.4) is 0 Å². The highest BCUT2D eigenvalue weighted by molar-refractivity contribution is 5.67. The molecule has 0 aromatic rings. The summed E-state index contributed by atoms with van der Waals surface area (Å²) in [6, 6.07) is 1.17. The molecule has 0 saturated carbocycles. The quantitative estimate of drug-likeness (QED) is 0.758. The maximum absolute atomic E-state index is 11.9. The summed E-state index contributed by atoms with van der Waals surface area (Å²) in [6.07, 6.45) is 3.52. The molecular formula is C17H35N3O2. The second-order valence-electron chi connectivity index (χ2n) is 7.80. The monoisotopic (exact) mass is 313 g/mol. The molecular weight excluding hydrogens is 278 g/mol. The molecule has 1 aliphatic heterocycles. The van der Waals surface area contributed by atoms with Crippen LogP contribution >= 0.6 is 0 Å². The van der Waals surface area contributed by atoms with Crippen molar-refractivity contribution in [1.29, 1.82) is 0 Å². The predicted octanol–water partition coefficient (Wildman–Crippen LogP) is 2.61. The number of nitrogens with zero attached hydrogens (tertiary/aromatic N) is 1. The highest BCUT2D eigenvalue weighted by atomic mass is 16.6. The van der Waals surface area contributed by atoms with E-state index < -0.39 is 5.60 Å². The summed E-state index contributed by atoms with van der Waals surface area (Å²) >= 11 is 0. The van der Waals surface area contributed by atoms with Gasteiger partial charge in [-0.1, -0.05) is 6.92 Å². The maximum atomic E-state index is 11.9. The molecule has 1 aliphatic rings. The lowest BCUT2D eigenvalue weighted by molar-refractivity contribution is 0.0276. The third kappa shape index (κ3) is 7.99. The zero-order chi connectivity index (χ0) is 16.8. The van der Waals surface area contributed by atoms with Crippen LogP contribution in [0.5, 0.6) is 0 Å². The van der Waals surface area contributed by atoms with Crippen LogP contribution < -0.4 is 10.6 Å². The highest BCUT2D eigenvalue weighted by Gasteiger charge is 2.21. The number of carbonyl (C=O) groups excluding carboxylic acids is 1. The molecule has 0 aromatic carbocycles. The normalized spacial score (nSPS) is 21.5. The van der Waals surface area contributed by atoms with Crippen molar-refractivity contribution in [3.8, 4) is 0 Å². The van der Waals surface area contributed by atoms with E-state index in [1.807, 2.05) is 20.8 Å². The van der Waals surface area contributed by atoms with E-state index in [2.05, 4.69) is 24.5 Å². The summed E-state index contributed by atoms with van der Waals surface area (Å²) in [5, 5.41) is 7.12. The Morgan fingerprint density at radius 2 is 2.09 bits per heavy atom. The molecule has 0 radical (unpaired) electrons. The molecule has 0 bridgehead atoms. The first-order valence-corrected chi connectivity index (χ1v) is 8.58. The molecule has 130 valence electrons. The van der Waals surface area contributed by atoms with Crippen LogP contribution in [-0.4, -0.2) is 55.4 Å². The fraction of sp³-hybridized carbons (Fsp3) is 0.941. The lowest BCUT2D eigenvalue weighted by Gasteiger charge is -2.27. The van der Waals surface area contributed by atoms with Crippen molar-refractivity contribution in [2.75, 3.05) is 26.7 Å². The van der Waals surface area contributed by atoms with Gasteiger partial charge in [0.05, 0.1) is 0 Å². The first kappa shape index (κ1) is 19.2. The molecule has 1 heterocycles. The van der Waals surface area contributed by atoms with Crippen molar-refractivity contribution in [2.45, 2.75) is 71.6 Å². The fourth-order valence-electron chi connectivity index (χ4n) is 2.82. The van der Waals surface area contributed by atoms with Crippen LogP contribution in [0.25, 0.3) is 0 Å². The van der Waals surface area contributed by atoms with Crippen molar-refractivity contribution in [3.63, 3.8) is 0 Å². The molecule has 22 heavy (non-hydrogen) atoms. The smallest absolute Gasteiger partial charge is 0.410 e. The van der Waals surface area contributed by atoms with E-state index in [1.54, 1.807) is 11.9 Å². The summed E-state index contributed by atoms with van der Waals surface area (Å²) in [6.45, 7) is 12.9.